The molecular weight excluding hydrogens is 564 g/mol. The Morgan fingerprint density at radius 3 is 2.02 bits per heavy atom. The average molecular weight is 597 g/mol. The molecular formula is C38H32N2O3S. The highest BCUT2D eigenvalue weighted by atomic mass is 32.2. The highest BCUT2D eigenvalue weighted by Gasteiger charge is 2.59. The molecule has 0 aromatic heterocycles. The maximum absolute atomic E-state index is 11.6. The predicted molar refractivity (Wildman–Crippen MR) is 180 cm³/mol. The molecule has 7 rings (SSSR count). The van der Waals surface area contributed by atoms with Crippen LogP contribution in [-0.2, 0) is 12.0 Å². The Morgan fingerprint density at radius 2 is 1.39 bits per heavy atom. The first-order valence-electron chi connectivity index (χ1n) is 14.7. The van der Waals surface area contributed by atoms with Crippen LogP contribution in [0, 0.1) is 10.1 Å². The fourth-order valence-electron chi connectivity index (χ4n) is 6.59. The Balaban J connectivity index is 1.23. The average Bonchev–Trinajstić information content (AvgIpc) is 3.23. The van der Waals surface area contributed by atoms with E-state index in [1.54, 1.807) is 12.1 Å². The lowest BCUT2D eigenvalue weighted by molar-refractivity contribution is -0.385. The van der Waals surface area contributed by atoms with Crippen molar-refractivity contribution < 1.29 is 9.66 Å². The van der Waals surface area contributed by atoms with Crippen molar-refractivity contribution in [3.63, 3.8) is 0 Å². The molecule has 218 valence electrons. The van der Waals surface area contributed by atoms with E-state index < -0.39 is 11.1 Å². The second kappa shape index (κ2) is 10.7. The molecule has 0 saturated carbocycles. The monoisotopic (exact) mass is 596 g/mol. The molecule has 5 aromatic rings. The smallest absolute Gasteiger partial charge is 0.271 e. The van der Waals surface area contributed by atoms with Crippen molar-refractivity contribution in [2.75, 3.05) is 11.2 Å². The Morgan fingerprint density at radius 1 is 0.795 bits per heavy atom. The number of anilines is 1. The summed E-state index contributed by atoms with van der Waals surface area (Å²) in [6, 6.07) is 39.6. The van der Waals surface area contributed by atoms with Crippen LogP contribution in [0.1, 0.15) is 30.5 Å². The van der Waals surface area contributed by atoms with Crippen LogP contribution < -0.4 is 9.64 Å². The Kier molecular flexibility index (Phi) is 6.82. The summed E-state index contributed by atoms with van der Waals surface area (Å²) in [6.07, 6.45) is 6.01. The number of fused-ring (bicyclic) bond motifs is 2. The Labute approximate surface area is 262 Å². The highest BCUT2D eigenvalue weighted by molar-refractivity contribution is 7.98. The van der Waals surface area contributed by atoms with E-state index in [4.69, 9.17) is 4.74 Å². The molecule has 44 heavy (non-hydrogen) atoms. The van der Waals surface area contributed by atoms with Gasteiger partial charge in [0.15, 0.2) is 0 Å². The summed E-state index contributed by atoms with van der Waals surface area (Å²) in [4.78, 5) is 14.4. The zero-order valence-electron chi connectivity index (χ0n) is 24.9. The zero-order chi connectivity index (χ0) is 30.5. The molecule has 0 radical (unpaired) electrons. The number of hydrogen-bond acceptors (Lipinski definition) is 5. The minimum Gasteiger partial charge on any atom is -0.462 e. The zero-order valence-corrected chi connectivity index (χ0v) is 25.7. The molecule has 0 N–H and O–H groups in total. The van der Waals surface area contributed by atoms with Gasteiger partial charge in [0.05, 0.1) is 15.2 Å². The number of para-hydroxylation sites is 1. The van der Waals surface area contributed by atoms with Gasteiger partial charge in [-0.15, -0.1) is 11.8 Å². The van der Waals surface area contributed by atoms with Gasteiger partial charge in [-0.3, -0.25) is 10.1 Å². The third kappa shape index (κ3) is 4.49. The van der Waals surface area contributed by atoms with E-state index in [-0.39, 0.29) is 10.6 Å². The molecule has 5 nitrogen and oxygen atoms in total. The summed E-state index contributed by atoms with van der Waals surface area (Å²) in [6.45, 7) is 5.07. The molecule has 1 spiro atoms. The summed E-state index contributed by atoms with van der Waals surface area (Å²) in [5.41, 5.74) is 7.81. The van der Waals surface area contributed by atoms with E-state index in [2.05, 4.69) is 122 Å². The van der Waals surface area contributed by atoms with Gasteiger partial charge >= 0.3 is 0 Å². The molecule has 0 saturated heterocycles. The van der Waals surface area contributed by atoms with Crippen molar-refractivity contribution in [1.82, 2.24) is 0 Å². The van der Waals surface area contributed by atoms with Crippen LogP contribution in [0.15, 0.2) is 126 Å². The number of rotatable bonds is 6. The fourth-order valence-corrected chi connectivity index (χ4v) is 7.18. The van der Waals surface area contributed by atoms with Gasteiger partial charge in [-0.25, -0.2) is 0 Å². The van der Waals surface area contributed by atoms with Crippen LogP contribution in [0.3, 0.4) is 0 Å². The quantitative estimate of drug-likeness (QED) is 0.111. The number of nitrogens with zero attached hydrogens (tertiary/aromatic N) is 2. The lowest BCUT2D eigenvalue weighted by Crippen LogP contribution is -2.59. The number of thioether (sulfide) groups is 1. The van der Waals surface area contributed by atoms with Gasteiger partial charge in [-0.1, -0.05) is 97.1 Å². The van der Waals surface area contributed by atoms with E-state index >= 15 is 0 Å². The summed E-state index contributed by atoms with van der Waals surface area (Å²) >= 11 is 1.46. The van der Waals surface area contributed by atoms with Crippen LogP contribution in [-0.4, -0.2) is 16.9 Å². The Hall–Kier alpha value is -4.81. The van der Waals surface area contributed by atoms with Gasteiger partial charge in [0.25, 0.3) is 5.69 Å². The van der Waals surface area contributed by atoms with Crippen LogP contribution >= 0.6 is 11.8 Å². The van der Waals surface area contributed by atoms with Gasteiger partial charge in [-0.2, -0.15) is 0 Å². The third-order valence-electron chi connectivity index (χ3n) is 9.03. The second-order valence-corrected chi connectivity index (χ2v) is 12.7. The van der Waals surface area contributed by atoms with Gasteiger partial charge < -0.3 is 9.64 Å². The van der Waals surface area contributed by atoms with E-state index in [1.807, 2.05) is 18.4 Å². The van der Waals surface area contributed by atoms with Crippen molar-refractivity contribution in [1.29, 1.82) is 0 Å². The number of nitro benzene ring substituents is 1. The molecule has 2 aliphatic heterocycles. The molecule has 2 heterocycles. The van der Waals surface area contributed by atoms with Crippen molar-refractivity contribution in [3.8, 4) is 28.0 Å². The van der Waals surface area contributed by atoms with Crippen molar-refractivity contribution in [3.05, 3.63) is 148 Å². The molecule has 2 aliphatic rings. The first kappa shape index (κ1) is 28.0. The minimum absolute atomic E-state index is 0.0675. The van der Waals surface area contributed by atoms with E-state index in [9.17, 15) is 10.1 Å². The predicted octanol–water partition coefficient (Wildman–Crippen LogP) is 9.75. The summed E-state index contributed by atoms with van der Waals surface area (Å²) in [5, 5.41) is 11.6. The van der Waals surface area contributed by atoms with Gasteiger partial charge in [0, 0.05) is 29.9 Å². The van der Waals surface area contributed by atoms with E-state index in [0.29, 0.717) is 12.3 Å². The second-order valence-electron chi connectivity index (χ2n) is 11.8. The topological polar surface area (TPSA) is 55.6 Å². The van der Waals surface area contributed by atoms with Crippen molar-refractivity contribution in [2.45, 2.75) is 36.4 Å². The standard InChI is InChI=1S/C38H32N2O3S/c1-37(2)33-11-7-8-12-34(33)39(38(37)22-21-31-23-32(40(41)42)24-35(44-3)36(31)43-38)25-26-13-15-28(16-14-26)30-19-17-29(18-20-30)27-9-5-4-6-10-27/h4-24H,25H2,1-3H3. The fraction of sp³-hybridized carbons (Fsp3) is 0.158. The molecule has 0 fully saturated rings. The maximum Gasteiger partial charge on any atom is 0.271 e. The van der Waals surface area contributed by atoms with Crippen molar-refractivity contribution >= 4 is 29.2 Å². The maximum atomic E-state index is 11.6. The molecule has 0 aliphatic carbocycles. The Bertz CT molecular complexity index is 1900. The molecule has 1 unspecified atom stereocenters. The number of hydrogen-bond donors (Lipinski definition) is 0. The lowest BCUT2D eigenvalue weighted by atomic mass is 9.76. The molecule has 6 heteroatoms. The van der Waals surface area contributed by atoms with E-state index in [0.717, 1.165) is 21.7 Å². The summed E-state index contributed by atoms with van der Waals surface area (Å²) in [5.74, 6) is 0.686. The number of benzene rings is 5. The van der Waals surface area contributed by atoms with Gasteiger partial charge in [0.1, 0.15) is 5.75 Å². The van der Waals surface area contributed by atoms with Crippen molar-refractivity contribution in [2.24, 2.45) is 0 Å². The van der Waals surface area contributed by atoms with Crippen LogP contribution in [0.2, 0.25) is 0 Å². The normalized spacial score (nSPS) is 17.7. The molecule has 0 bridgehead atoms. The van der Waals surface area contributed by atoms with Gasteiger partial charge in [0.2, 0.25) is 5.72 Å². The SMILES string of the molecule is CSc1cc([N+](=O)[O-])cc2c1OC1(C=C2)N(Cc2ccc(-c3ccc(-c4ccccc4)cc3)cc2)c2ccccc2C1(C)C. The third-order valence-corrected chi connectivity index (χ3v) is 9.77. The van der Waals surface area contributed by atoms with E-state index in [1.165, 1.54) is 39.6 Å². The van der Waals surface area contributed by atoms with Gasteiger partial charge in [-0.05, 0) is 71.7 Å². The summed E-state index contributed by atoms with van der Waals surface area (Å²) < 4.78 is 7.06. The summed E-state index contributed by atoms with van der Waals surface area (Å²) in [7, 11) is 0. The number of ether oxygens (including phenoxy) is 1. The number of nitro groups is 1. The number of non-ortho nitro benzene ring substituents is 1. The molecule has 1 atom stereocenters. The van der Waals surface area contributed by atoms with Crippen LogP contribution in [0.4, 0.5) is 11.4 Å². The molecule has 0 amide bonds. The minimum atomic E-state index is -0.823. The first-order chi connectivity index (χ1) is 21.3. The lowest BCUT2D eigenvalue weighted by Gasteiger charge is -2.47. The largest absolute Gasteiger partial charge is 0.462 e. The van der Waals surface area contributed by atoms with Crippen LogP contribution in [0.5, 0.6) is 5.75 Å². The first-order valence-corrected chi connectivity index (χ1v) is 15.9. The molecule has 5 aromatic carbocycles. The highest BCUT2D eigenvalue weighted by Crippen LogP contribution is 2.56. The van der Waals surface area contributed by atoms with Crippen LogP contribution in [0.25, 0.3) is 28.3 Å².